The third-order valence-corrected chi connectivity index (χ3v) is 5.34. The van der Waals surface area contributed by atoms with Gasteiger partial charge in [-0.15, -0.1) is 0 Å². The largest absolute Gasteiger partial charge is 0.296 e. The molecule has 1 aromatic rings. The van der Waals surface area contributed by atoms with Crippen LogP contribution in [0.4, 0.5) is 0 Å². The molecule has 2 aliphatic rings. The Kier molecular flexibility index (Phi) is 4.03. The van der Waals surface area contributed by atoms with E-state index in [1.165, 1.54) is 12.8 Å². The Morgan fingerprint density at radius 2 is 1.90 bits per heavy atom. The summed E-state index contributed by atoms with van der Waals surface area (Å²) >= 11 is 6.23. The van der Waals surface area contributed by atoms with Crippen LogP contribution in [0.2, 0.25) is 5.02 Å². The van der Waals surface area contributed by atoms with E-state index in [2.05, 4.69) is 5.32 Å². The van der Waals surface area contributed by atoms with Gasteiger partial charge in [-0.3, -0.25) is 14.9 Å². The average Bonchev–Trinajstić information content (AvgIpc) is 2.94. The zero-order valence-corrected chi connectivity index (χ0v) is 13.0. The summed E-state index contributed by atoms with van der Waals surface area (Å²) in [6, 6.07) is 5.91. The zero-order valence-electron chi connectivity index (χ0n) is 12.2. The summed E-state index contributed by atoms with van der Waals surface area (Å²) in [6.07, 6.45) is 4.92. The molecule has 1 heterocycles. The maximum atomic E-state index is 12.4. The second kappa shape index (κ2) is 5.80. The molecule has 2 atom stereocenters. The smallest absolute Gasteiger partial charge is 0.230 e. The van der Waals surface area contributed by atoms with Crippen molar-refractivity contribution in [1.29, 1.82) is 0 Å². The van der Waals surface area contributed by atoms with E-state index in [-0.39, 0.29) is 23.7 Å². The first-order valence-electron chi connectivity index (χ1n) is 7.66. The van der Waals surface area contributed by atoms with E-state index in [4.69, 9.17) is 11.6 Å². The topological polar surface area (TPSA) is 46.2 Å². The first kappa shape index (κ1) is 14.6. The number of hydrogen-bond donors (Lipinski definition) is 1. The van der Waals surface area contributed by atoms with E-state index in [9.17, 15) is 9.59 Å². The monoisotopic (exact) mass is 305 g/mol. The summed E-state index contributed by atoms with van der Waals surface area (Å²) in [4.78, 5) is 24.2. The van der Waals surface area contributed by atoms with Crippen LogP contribution in [0.25, 0.3) is 0 Å². The summed E-state index contributed by atoms with van der Waals surface area (Å²) in [6.45, 7) is 1.96. The Bertz CT molecular complexity index is 578. The number of carbonyl (C=O) groups excluding carboxylic acids is 2. The standard InChI is InChI=1S/C17H20ClNO2/c1-10-6-7-12(8-14(10)18)13-9-15(20)19-17(21)16(13)11-4-2-3-5-11/h6-8,11,13,16H,2-5,9H2,1H3,(H,19,20,21). The molecular weight excluding hydrogens is 286 g/mol. The Balaban J connectivity index is 1.95. The van der Waals surface area contributed by atoms with Gasteiger partial charge in [0.25, 0.3) is 0 Å². The quantitative estimate of drug-likeness (QED) is 0.849. The first-order valence-corrected chi connectivity index (χ1v) is 8.04. The Morgan fingerprint density at radius 3 is 2.57 bits per heavy atom. The van der Waals surface area contributed by atoms with E-state index in [0.29, 0.717) is 17.4 Å². The highest BCUT2D eigenvalue weighted by Crippen LogP contribution is 2.43. The van der Waals surface area contributed by atoms with E-state index in [1.807, 2.05) is 25.1 Å². The normalized spacial score (nSPS) is 27.0. The number of halogens is 1. The van der Waals surface area contributed by atoms with E-state index in [1.54, 1.807) is 0 Å². The third kappa shape index (κ3) is 2.84. The molecule has 3 rings (SSSR count). The number of amides is 2. The third-order valence-electron chi connectivity index (χ3n) is 4.94. The van der Waals surface area contributed by atoms with E-state index >= 15 is 0 Å². The van der Waals surface area contributed by atoms with Crippen molar-refractivity contribution >= 4 is 23.4 Å². The van der Waals surface area contributed by atoms with Crippen molar-refractivity contribution in [3.05, 3.63) is 34.3 Å². The molecule has 1 aliphatic carbocycles. The van der Waals surface area contributed by atoms with Crippen LogP contribution in [0.3, 0.4) is 0 Å². The second-order valence-corrected chi connectivity index (χ2v) is 6.71. The molecule has 2 unspecified atom stereocenters. The Labute approximate surface area is 130 Å². The van der Waals surface area contributed by atoms with E-state index < -0.39 is 0 Å². The number of carbonyl (C=O) groups is 2. The molecule has 1 saturated heterocycles. The number of rotatable bonds is 2. The van der Waals surface area contributed by atoms with Gasteiger partial charge < -0.3 is 0 Å². The van der Waals surface area contributed by atoms with Crippen LogP contribution in [0.5, 0.6) is 0 Å². The van der Waals surface area contributed by atoms with Crippen LogP contribution >= 0.6 is 11.6 Å². The molecule has 1 saturated carbocycles. The fourth-order valence-corrected chi connectivity index (χ4v) is 3.99. The number of aryl methyl sites for hydroxylation is 1. The SMILES string of the molecule is Cc1ccc(C2CC(=O)NC(=O)C2C2CCCC2)cc1Cl. The molecule has 0 spiro atoms. The van der Waals surface area contributed by atoms with Gasteiger partial charge in [0, 0.05) is 23.3 Å². The van der Waals surface area contributed by atoms with Gasteiger partial charge in [-0.05, 0) is 42.9 Å². The van der Waals surface area contributed by atoms with Gasteiger partial charge in [-0.2, -0.15) is 0 Å². The lowest BCUT2D eigenvalue weighted by molar-refractivity contribution is -0.138. The minimum Gasteiger partial charge on any atom is -0.296 e. The molecule has 1 N–H and O–H groups in total. The average molecular weight is 306 g/mol. The van der Waals surface area contributed by atoms with Crippen LogP contribution in [0.1, 0.15) is 49.1 Å². The lowest BCUT2D eigenvalue weighted by Crippen LogP contribution is -2.47. The number of benzene rings is 1. The van der Waals surface area contributed by atoms with Crippen molar-refractivity contribution in [2.24, 2.45) is 11.8 Å². The molecule has 21 heavy (non-hydrogen) atoms. The molecule has 1 aromatic carbocycles. The van der Waals surface area contributed by atoms with Gasteiger partial charge in [-0.25, -0.2) is 0 Å². The molecule has 2 fully saturated rings. The summed E-state index contributed by atoms with van der Waals surface area (Å²) < 4.78 is 0. The fraction of sp³-hybridized carbons (Fsp3) is 0.529. The first-order chi connectivity index (χ1) is 10.1. The molecule has 2 amide bonds. The second-order valence-electron chi connectivity index (χ2n) is 6.30. The van der Waals surface area contributed by atoms with Crippen molar-refractivity contribution < 1.29 is 9.59 Å². The number of nitrogens with one attached hydrogen (secondary N) is 1. The minimum absolute atomic E-state index is 0.0348. The molecule has 3 nitrogen and oxygen atoms in total. The van der Waals surface area contributed by atoms with Crippen LogP contribution in [0.15, 0.2) is 18.2 Å². The van der Waals surface area contributed by atoms with Gasteiger partial charge in [0.2, 0.25) is 11.8 Å². The molecule has 4 heteroatoms. The summed E-state index contributed by atoms with van der Waals surface area (Å²) in [5.41, 5.74) is 2.04. The minimum atomic E-state index is -0.170. The van der Waals surface area contributed by atoms with Crippen LogP contribution in [-0.2, 0) is 9.59 Å². The number of imide groups is 1. The van der Waals surface area contributed by atoms with Crippen LogP contribution in [-0.4, -0.2) is 11.8 Å². The van der Waals surface area contributed by atoms with Crippen molar-refractivity contribution in [1.82, 2.24) is 5.32 Å². The highest BCUT2D eigenvalue weighted by atomic mass is 35.5. The highest BCUT2D eigenvalue weighted by Gasteiger charge is 2.42. The lowest BCUT2D eigenvalue weighted by atomic mass is 9.73. The molecule has 0 aromatic heterocycles. The molecule has 0 radical (unpaired) electrons. The lowest BCUT2D eigenvalue weighted by Gasteiger charge is -2.34. The van der Waals surface area contributed by atoms with Gasteiger partial charge >= 0.3 is 0 Å². The van der Waals surface area contributed by atoms with Crippen molar-refractivity contribution in [3.63, 3.8) is 0 Å². The predicted octanol–water partition coefficient (Wildman–Crippen LogP) is 3.58. The summed E-state index contributed by atoms with van der Waals surface area (Å²) in [7, 11) is 0. The number of hydrogen-bond acceptors (Lipinski definition) is 2. The van der Waals surface area contributed by atoms with E-state index in [0.717, 1.165) is 24.0 Å². The van der Waals surface area contributed by atoms with Crippen LogP contribution < -0.4 is 5.32 Å². The van der Waals surface area contributed by atoms with Crippen molar-refractivity contribution in [3.8, 4) is 0 Å². The van der Waals surface area contributed by atoms with Crippen molar-refractivity contribution in [2.45, 2.75) is 44.9 Å². The fourth-order valence-electron chi connectivity index (χ4n) is 3.81. The molecular formula is C17H20ClNO2. The van der Waals surface area contributed by atoms with Gasteiger partial charge in [0.1, 0.15) is 0 Å². The van der Waals surface area contributed by atoms with Gasteiger partial charge in [0.05, 0.1) is 0 Å². The summed E-state index contributed by atoms with van der Waals surface area (Å²) in [5, 5.41) is 3.23. The number of piperidine rings is 1. The predicted molar refractivity (Wildman–Crippen MR) is 82.1 cm³/mol. The Hall–Kier alpha value is -1.35. The summed E-state index contributed by atoms with van der Waals surface area (Å²) in [5.74, 6) is -0.00427. The van der Waals surface area contributed by atoms with Crippen LogP contribution in [0, 0.1) is 18.8 Å². The zero-order chi connectivity index (χ0) is 15.0. The highest BCUT2D eigenvalue weighted by molar-refractivity contribution is 6.31. The molecule has 1 aliphatic heterocycles. The van der Waals surface area contributed by atoms with Crippen molar-refractivity contribution in [2.75, 3.05) is 0 Å². The molecule has 0 bridgehead atoms. The maximum Gasteiger partial charge on any atom is 0.230 e. The van der Waals surface area contributed by atoms with Gasteiger partial charge in [-0.1, -0.05) is 36.6 Å². The maximum absolute atomic E-state index is 12.4. The Morgan fingerprint density at radius 1 is 1.19 bits per heavy atom. The molecule has 112 valence electrons. The van der Waals surface area contributed by atoms with Gasteiger partial charge in [0.15, 0.2) is 0 Å².